The second-order valence-corrected chi connectivity index (χ2v) is 19.2. The number of nitrogens with zero attached hydrogens (tertiary/aromatic N) is 2. The first-order chi connectivity index (χ1) is 34.8. The lowest BCUT2D eigenvalue weighted by molar-refractivity contribution is -0.143. The molecule has 1 aromatic heterocycles. The molecule has 1 aliphatic rings. The van der Waals surface area contributed by atoms with Crippen LogP contribution in [0.5, 0.6) is 0 Å². The van der Waals surface area contributed by atoms with E-state index in [4.69, 9.17) is 15.7 Å². The van der Waals surface area contributed by atoms with Gasteiger partial charge in [-0.1, -0.05) is 12.1 Å². The summed E-state index contributed by atoms with van der Waals surface area (Å²) in [4.78, 5) is 177. The van der Waals surface area contributed by atoms with E-state index in [-0.39, 0.29) is 23.0 Å². The summed E-state index contributed by atoms with van der Waals surface area (Å²) in [6, 6.07) is -1.69. The lowest BCUT2D eigenvalue weighted by atomic mass is 9.94. The first-order valence-corrected chi connectivity index (χ1v) is 25.2. The number of amides is 7. The molecule has 0 fully saturated rings. The molecule has 2 heterocycles. The van der Waals surface area contributed by atoms with Gasteiger partial charge in [0.1, 0.15) is 18.1 Å². The Labute approximate surface area is 430 Å². The summed E-state index contributed by atoms with van der Waals surface area (Å²) < 4.78 is 0. The van der Waals surface area contributed by atoms with Crippen molar-refractivity contribution in [1.29, 1.82) is 0 Å². The van der Waals surface area contributed by atoms with Gasteiger partial charge in [-0.2, -0.15) is 23.5 Å². The number of primary amides is 1. The number of aliphatic hydroxyl groups excluding tert-OH is 1. The Bertz CT molecular complexity index is 2460. The number of ketones is 2. The average Bonchev–Trinajstić information content (AvgIpc) is 3.31. The molecule has 29 heteroatoms. The monoisotopic (exact) mass is 1080 g/mol. The molecule has 0 aliphatic carbocycles. The number of benzene rings is 1. The molecule has 7 amide bonds. The van der Waals surface area contributed by atoms with Gasteiger partial charge in [0, 0.05) is 62.0 Å². The zero-order chi connectivity index (χ0) is 55.2. The number of carbonyl (C=O) groups is 13. The van der Waals surface area contributed by atoms with Crippen molar-refractivity contribution in [1.82, 2.24) is 41.9 Å². The fourth-order valence-corrected chi connectivity index (χ4v) is 9.37. The quantitative estimate of drug-likeness (QED) is 0.0951. The predicted octanol–water partition coefficient (Wildman–Crippen LogP) is -2.24. The van der Waals surface area contributed by atoms with Crippen molar-refractivity contribution < 1.29 is 87.9 Å². The largest absolute Gasteiger partial charge is 0.481 e. The average molecular weight is 1080 g/mol. The highest BCUT2D eigenvalue weighted by Gasteiger charge is 2.36. The summed E-state index contributed by atoms with van der Waals surface area (Å²) in [5.74, 6) is -18.1. The minimum atomic E-state index is -1.92. The Balaban J connectivity index is 2.12. The number of thioether (sulfide) groups is 2. The van der Waals surface area contributed by atoms with Crippen LogP contribution in [0.25, 0.3) is 11.0 Å². The van der Waals surface area contributed by atoms with E-state index in [2.05, 4.69) is 31.9 Å². The Kier molecular flexibility index (Phi) is 24.8. The van der Waals surface area contributed by atoms with E-state index in [1.54, 1.807) is 24.3 Å². The molecule has 0 saturated carbocycles. The van der Waals surface area contributed by atoms with E-state index in [1.165, 1.54) is 0 Å². The number of carboxylic acids is 4. The van der Waals surface area contributed by atoms with Gasteiger partial charge in [-0.05, 0) is 38.3 Å². The molecule has 404 valence electrons. The van der Waals surface area contributed by atoms with Crippen molar-refractivity contribution in [2.45, 2.75) is 119 Å². The van der Waals surface area contributed by atoms with E-state index < -0.39 is 189 Å². The van der Waals surface area contributed by atoms with Gasteiger partial charge in [-0.15, -0.1) is 0 Å². The summed E-state index contributed by atoms with van der Waals surface area (Å²) in [6.45, 7) is 1.22. The zero-order valence-electron chi connectivity index (χ0n) is 40.2. The number of aliphatic carboxylic acids is 4. The van der Waals surface area contributed by atoms with Gasteiger partial charge in [-0.3, -0.25) is 62.3 Å². The van der Waals surface area contributed by atoms with Crippen LogP contribution in [0.4, 0.5) is 0 Å². The van der Waals surface area contributed by atoms with Crippen LogP contribution in [0, 0.1) is 11.8 Å². The second-order valence-electron chi connectivity index (χ2n) is 17.1. The van der Waals surface area contributed by atoms with Crippen molar-refractivity contribution in [3.8, 4) is 0 Å². The Morgan fingerprint density at radius 3 is 1.66 bits per heavy atom. The number of hydrogen-bond acceptors (Lipinski definition) is 18. The molecule has 0 saturated heterocycles. The fourth-order valence-electron chi connectivity index (χ4n) is 7.21. The third-order valence-electron chi connectivity index (χ3n) is 11.1. The van der Waals surface area contributed by atoms with Crippen LogP contribution in [0.2, 0.25) is 0 Å². The number of Topliss-reactive ketones (excluding diaryl/α,β-unsaturated/α-hetero) is 2. The van der Waals surface area contributed by atoms with E-state index in [9.17, 15) is 87.9 Å². The van der Waals surface area contributed by atoms with Crippen LogP contribution in [0.15, 0.2) is 24.3 Å². The van der Waals surface area contributed by atoms with Crippen LogP contribution in [-0.2, 0) is 73.8 Å². The van der Waals surface area contributed by atoms with E-state index in [0.717, 1.165) is 37.4 Å². The van der Waals surface area contributed by atoms with E-state index in [1.807, 2.05) is 0 Å². The molecule has 8 atom stereocenters. The van der Waals surface area contributed by atoms with Gasteiger partial charge >= 0.3 is 23.9 Å². The topological polar surface area (TPSA) is 447 Å². The Morgan fingerprint density at radius 1 is 0.676 bits per heavy atom. The third-order valence-corrected chi connectivity index (χ3v) is 13.2. The number of nitrogens with one attached hydrogen (secondary N) is 6. The number of para-hydroxylation sites is 2. The van der Waals surface area contributed by atoms with Crippen molar-refractivity contribution in [3.63, 3.8) is 0 Å². The third kappa shape index (κ3) is 21.1. The van der Waals surface area contributed by atoms with Gasteiger partial charge in [0.05, 0.1) is 65.4 Å². The van der Waals surface area contributed by atoms with Crippen LogP contribution < -0.4 is 37.6 Å². The van der Waals surface area contributed by atoms with Crippen LogP contribution >= 0.6 is 23.5 Å². The first kappa shape index (κ1) is 61.0. The fraction of sp³-hybridized carbons (Fsp3) is 0.533. The van der Waals surface area contributed by atoms with Crippen LogP contribution in [0.3, 0.4) is 0 Å². The summed E-state index contributed by atoms with van der Waals surface area (Å²) >= 11 is 2.24. The molecule has 2 aromatic rings. The number of hydrogen-bond donors (Lipinski definition) is 12. The minimum Gasteiger partial charge on any atom is -0.481 e. The molecule has 3 rings (SSSR count). The van der Waals surface area contributed by atoms with Crippen LogP contribution in [0.1, 0.15) is 83.0 Å². The maximum Gasteiger partial charge on any atom is 0.304 e. The Hall–Kier alpha value is -7.27. The molecule has 1 aromatic carbocycles. The number of carbonyl (C=O) groups excluding carboxylic acids is 9. The minimum absolute atomic E-state index is 0.0603. The molecule has 0 radical (unpaired) electrons. The first-order valence-electron chi connectivity index (χ1n) is 22.9. The number of aromatic nitrogens is 2. The predicted molar refractivity (Wildman–Crippen MR) is 260 cm³/mol. The normalized spacial score (nSPS) is 23.3. The standard InChI is InChI=1S/C45H59N9O18S2/c1-21(55)40-45(72)47-16-35(59)51-27(7-10-36(60)61)33(57)14-24(41(46)68)17-73-18-30-31(50-26-6-4-3-5-25(26)49-30)19-74-20-32(48-22(2)56)34(58)13-23(15-39(66)67)42(69)52-28(8-11-37(62)63)43(70)53-29(44(71)54-40)9-12-38(64)65/h3-6,21,23-24,27-29,32,40,55H,7-20H2,1-2H3,(H2,46,68)(H,47,72)(H,48,56)(H,51,59)(H,52,69)(H,53,70)(H,54,71)(H,60,61)(H,62,63)(H,64,65)(H,66,67)/t21-,23+,24+,27+,28+,29+,32+,40+/m1/s1. The second kappa shape index (κ2) is 30.1. The lowest BCUT2D eigenvalue weighted by Gasteiger charge is -2.27. The Morgan fingerprint density at radius 2 is 1.18 bits per heavy atom. The number of carboxylic acid groups (broad SMARTS) is 4. The summed E-state index contributed by atoms with van der Waals surface area (Å²) in [5, 5.41) is 62.0. The van der Waals surface area contributed by atoms with E-state index >= 15 is 0 Å². The molecule has 74 heavy (non-hydrogen) atoms. The molecular weight excluding hydrogens is 1020 g/mol. The zero-order valence-corrected chi connectivity index (χ0v) is 41.8. The van der Waals surface area contributed by atoms with Gasteiger partial charge in [-0.25, -0.2) is 9.97 Å². The van der Waals surface area contributed by atoms with Crippen molar-refractivity contribution in [2.75, 3.05) is 18.1 Å². The highest BCUT2D eigenvalue weighted by molar-refractivity contribution is 7.98. The molecule has 13 N–H and O–H groups in total. The summed E-state index contributed by atoms with van der Waals surface area (Å²) in [7, 11) is 0. The lowest BCUT2D eigenvalue weighted by Crippen LogP contribution is -2.59. The highest BCUT2D eigenvalue weighted by Crippen LogP contribution is 2.25. The van der Waals surface area contributed by atoms with Crippen LogP contribution in [-0.4, -0.2) is 167 Å². The summed E-state index contributed by atoms with van der Waals surface area (Å²) in [6.07, 6.45) is -8.18. The summed E-state index contributed by atoms with van der Waals surface area (Å²) in [5.41, 5.74) is 7.49. The van der Waals surface area contributed by atoms with Crippen molar-refractivity contribution in [2.24, 2.45) is 17.6 Å². The van der Waals surface area contributed by atoms with Gasteiger partial charge in [0.15, 0.2) is 11.6 Å². The molecule has 0 spiro atoms. The number of rotatable bonds is 14. The van der Waals surface area contributed by atoms with Gasteiger partial charge < -0.3 is 63.2 Å². The van der Waals surface area contributed by atoms with Crippen molar-refractivity contribution in [3.05, 3.63) is 35.7 Å². The maximum absolute atomic E-state index is 13.9. The molecule has 0 unspecified atom stereocenters. The van der Waals surface area contributed by atoms with Gasteiger partial charge in [0.25, 0.3) is 0 Å². The van der Waals surface area contributed by atoms with Gasteiger partial charge in [0.2, 0.25) is 41.4 Å². The molecular formula is C45H59N9O18S2. The highest BCUT2D eigenvalue weighted by atomic mass is 32.2. The number of fused-ring (bicyclic) bond motifs is 2. The smallest absolute Gasteiger partial charge is 0.304 e. The molecule has 1 aliphatic heterocycles. The van der Waals surface area contributed by atoms with E-state index in [0.29, 0.717) is 22.4 Å². The number of nitrogens with two attached hydrogens (primary N) is 1. The number of aliphatic hydroxyl groups is 1. The maximum atomic E-state index is 13.9. The SMILES string of the molecule is CC(=O)N[C@H]1CSCc2nc3ccccc3nc2CSC[C@@H](C(N)=O)CC(=O)[C@H](CCC(=O)O)NC(=O)CNC(=O)[C@H]([C@@H](C)O)NC(=O)[C@H](CCC(=O)O)NC(=O)[C@H](CCC(=O)O)NC(=O)[C@H](CC(=O)O)CC1=O. The van der Waals surface area contributed by atoms with Crippen molar-refractivity contribution >= 4 is 111 Å². The molecule has 0 bridgehead atoms. The molecule has 27 nitrogen and oxygen atoms in total.